The van der Waals surface area contributed by atoms with E-state index in [4.69, 9.17) is 0 Å². The van der Waals surface area contributed by atoms with Gasteiger partial charge in [0.2, 0.25) is 0 Å². The quantitative estimate of drug-likeness (QED) is 0.777. The molecule has 0 aliphatic rings. The van der Waals surface area contributed by atoms with Gasteiger partial charge in [-0.1, -0.05) is 60.7 Å². The maximum absolute atomic E-state index is 9.23. The van der Waals surface area contributed by atoms with Gasteiger partial charge in [0.15, 0.2) is 0 Å². The van der Waals surface area contributed by atoms with Crippen molar-refractivity contribution in [1.29, 1.82) is 0 Å². The van der Waals surface area contributed by atoms with Gasteiger partial charge in [-0.25, -0.2) is 0 Å². The molecule has 1 nitrogen and oxygen atoms in total. The van der Waals surface area contributed by atoms with Crippen LogP contribution in [0.5, 0.6) is 5.75 Å². The highest BCUT2D eigenvalue weighted by atomic mass is 16.3. The summed E-state index contributed by atoms with van der Waals surface area (Å²) in [6, 6.07) is 17.4. The molecule has 0 atom stereocenters. The normalized spacial score (nSPS) is 11.9. The van der Waals surface area contributed by atoms with Crippen LogP contribution in [0.2, 0.25) is 0 Å². The first-order valence-electron chi connectivity index (χ1n) is 5.95. The molecule has 0 saturated carbocycles. The van der Waals surface area contributed by atoms with Gasteiger partial charge in [-0.15, -0.1) is 0 Å². The second-order valence-electron chi connectivity index (χ2n) is 4.17. The molecule has 0 heterocycles. The zero-order chi connectivity index (χ0) is 12.8. The van der Waals surface area contributed by atoms with E-state index in [0.29, 0.717) is 5.75 Å². The number of hydrogen-bond acceptors (Lipinski definition) is 1. The average Bonchev–Trinajstić information content (AvgIpc) is 2.40. The van der Waals surface area contributed by atoms with Crippen molar-refractivity contribution in [2.45, 2.75) is 6.92 Å². The molecule has 1 N–H and O–H groups in total. The van der Waals surface area contributed by atoms with Gasteiger partial charge < -0.3 is 5.11 Å². The molecule has 0 saturated heterocycles. The minimum atomic E-state index is 0.298. The van der Waals surface area contributed by atoms with Crippen LogP contribution in [0.15, 0.2) is 66.7 Å². The van der Waals surface area contributed by atoms with Crippen molar-refractivity contribution in [3.05, 3.63) is 77.9 Å². The number of aromatic hydroxyl groups is 1. The zero-order valence-electron chi connectivity index (χ0n) is 10.4. The Morgan fingerprint density at radius 3 is 2.28 bits per heavy atom. The summed E-state index contributed by atoms with van der Waals surface area (Å²) in [6.45, 7) is 2.06. The molecule has 18 heavy (non-hydrogen) atoms. The highest BCUT2D eigenvalue weighted by Crippen LogP contribution is 2.17. The number of rotatable bonds is 3. The molecule has 90 valence electrons. The highest BCUT2D eigenvalue weighted by Gasteiger charge is 1.93. The van der Waals surface area contributed by atoms with Crippen molar-refractivity contribution in [2.24, 2.45) is 0 Å². The lowest BCUT2D eigenvalue weighted by molar-refractivity contribution is 0.475. The van der Waals surface area contributed by atoms with Crippen molar-refractivity contribution >= 4 is 11.6 Å². The van der Waals surface area contributed by atoms with Crippen molar-refractivity contribution in [1.82, 2.24) is 0 Å². The minimum absolute atomic E-state index is 0.298. The third-order valence-electron chi connectivity index (χ3n) is 2.76. The predicted molar refractivity (Wildman–Crippen MR) is 77.2 cm³/mol. The summed E-state index contributed by atoms with van der Waals surface area (Å²) in [7, 11) is 0. The van der Waals surface area contributed by atoms with E-state index < -0.39 is 0 Å². The van der Waals surface area contributed by atoms with Crippen LogP contribution in [0.4, 0.5) is 0 Å². The van der Waals surface area contributed by atoms with Gasteiger partial charge in [-0.05, 0) is 35.8 Å². The molecule has 0 aromatic heterocycles. The first-order chi connectivity index (χ1) is 8.75. The third-order valence-corrected chi connectivity index (χ3v) is 2.76. The Morgan fingerprint density at radius 2 is 1.61 bits per heavy atom. The molecule has 0 bridgehead atoms. The molecule has 1 heteroatoms. The Labute approximate surface area is 108 Å². The van der Waals surface area contributed by atoms with E-state index in [2.05, 4.69) is 31.2 Å². The van der Waals surface area contributed by atoms with Gasteiger partial charge in [0.25, 0.3) is 0 Å². The first-order valence-corrected chi connectivity index (χ1v) is 5.95. The Hall–Kier alpha value is -2.28. The maximum atomic E-state index is 9.23. The Kier molecular flexibility index (Phi) is 3.98. The van der Waals surface area contributed by atoms with Crippen LogP contribution in [0, 0.1) is 0 Å². The third kappa shape index (κ3) is 3.36. The Morgan fingerprint density at radius 1 is 0.944 bits per heavy atom. The minimum Gasteiger partial charge on any atom is -0.508 e. The standard InChI is InChI=1S/C17H16O/c1-14(16-10-12-17(18)13-11-16)6-5-9-15-7-3-2-4-8-15/h2-13,18H,1H3. The van der Waals surface area contributed by atoms with Crippen LogP contribution in [0.3, 0.4) is 0 Å². The summed E-state index contributed by atoms with van der Waals surface area (Å²) >= 11 is 0. The SMILES string of the molecule is CC(=CC=Cc1ccccc1)c1ccc(O)cc1. The van der Waals surface area contributed by atoms with Gasteiger partial charge in [0.1, 0.15) is 5.75 Å². The van der Waals surface area contributed by atoms with Gasteiger partial charge in [-0.2, -0.15) is 0 Å². The largest absolute Gasteiger partial charge is 0.508 e. The lowest BCUT2D eigenvalue weighted by Gasteiger charge is -2.00. The van der Waals surface area contributed by atoms with Gasteiger partial charge in [0.05, 0.1) is 0 Å². The van der Waals surface area contributed by atoms with Crippen molar-refractivity contribution in [2.75, 3.05) is 0 Å². The lowest BCUT2D eigenvalue weighted by atomic mass is 10.1. The van der Waals surface area contributed by atoms with Crippen LogP contribution in [0.25, 0.3) is 11.6 Å². The molecule has 2 rings (SSSR count). The molecular weight excluding hydrogens is 220 g/mol. The summed E-state index contributed by atoms with van der Waals surface area (Å²) in [4.78, 5) is 0. The monoisotopic (exact) mass is 236 g/mol. The molecular formula is C17H16O. The van der Waals surface area contributed by atoms with E-state index in [1.807, 2.05) is 36.4 Å². The number of benzene rings is 2. The molecule has 0 unspecified atom stereocenters. The fourth-order valence-electron chi connectivity index (χ4n) is 1.69. The smallest absolute Gasteiger partial charge is 0.115 e. The van der Waals surface area contributed by atoms with Crippen molar-refractivity contribution in [3.63, 3.8) is 0 Å². The second kappa shape index (κ2) is 5.87. The first kappa shape index (κ1) is 12.2. The van der Waals surface area contributed by atoms with Crippen molar-refractivity contribution in [3.8, 4) is 5.75 Å². The number of phenolic OH excluding ortho intramolecular Hbond substituents is 1. The van der Waals surface area contributed by atoms with Gasteiger partial charge in [-0.3, -0.25) is 0 Å². The summed E-state index contributed by atoms with van der Waals surface area (Å²) < 4.78 is 0. The molecule has 0 amide bonds. The molecule has 0 spiro atoms. The van der Waals surface area contributed by atoms with Crippen LogP contribution in [-0.4, -0.2) is 5.11 Å². The zero-order valence-corrected chi connectivity index (χ0v) is 10.4. The Balaban J connectivity index is 2.10. The van der Waals surface area contributed by atoms with Gasteiger partial charge in [0, 0.05) is 0 Å². The van der Waals surface area contributed by atoms with Crippen LogP contribution in [-0.2, 0) is 0 Å². The summed E-state index contributed by atoms with van der Waals surface area (Å²) in [6.07, 6.45) is 6.18. The van der Waals surface area contributed by atoms with E-state index in [-0.39, 0.29) is 0 Å². The summed E-state index contributed by atoms with van der Waals surface area (Å²) in [5.74, 6) is 0.298. The molecule has 0 aliphatic carbocycles. The number of phenols is 1. The number of allylic oxidation sites excluding steroid dienone is 3. The second-order valence-corrected chi connectivity index (χ2v) is 4.17. The maximum Gasteiger partial charge on any atom is 0.115 e. The molecule has 0 aliphatic heterocycles. The topological polar surface area (TPSA) is 20.2 Å². The molecule has 2 aromatic rings. The van der Waals surface area contributed by atoms with E-state index in [0.717, 1.165) is 5.56 Å². The van der Waals surface area contributed by atoms with E-state index in [9.17, 15) is 5.11 Å². The summed E-state index contributed by atoms with van der Waals surface area (Å²) in [5, 5.41) is 9.23. The van der Waals surface area contributed by atoms with Gasteiger partial charge >= 0.3 is 0 Å². The molecule has 0 radical (unpaired) electrons. The van der Waals surface area contributed by atoms with E-state index in [1.165, 1.54) is 11.1 Å². The number of hydrogen-bond donors (Lipinski definition) is 1. The van der Waals surface area contributed by atoms with Crippen molar-refractivity contribution < 1.29 is 5.11 Å². The van der Waals surface area contributed by atoms with Crippen LogP contribution in [0.1, 0.15) is 18.1 Å². The van der Waals surface area contributed by atoms with E-state index in [1.54, 1.807) is 12.1 Å². The average molecular weight is 236 g/mol. The molecule has 0 fully saturated rings. The fourth-order valence-corrected chi connectivity index (χ4v) is 1.69. The predicted octanol–water partition coefficient (Wildman–Crippen LogP) is 4.51. The van der Waals surface area contributed by atoms with Crippen LogP contribution >= 0.6 is 0 Å². The van der Waals surface area contributed by atoms with Crippen LogP contribution < -0.4 is 0 Å². The fraction of sp³-hybridized carbons (Fsp3) is 0.0588. The molecule has 2 aromatic carbocycles. The highest BCUT2D eigenvalue weighted by molar-refractivity contribution is 5.67. The Bertz CT molecular complexity index is 548. The lowest BCUT2D eigenvalue weighted by Crippen LogP contribution is -1.77. The summed E-state index contributed by atoms with van der Waals surface area (Å²) in [5.41, 5.74) is 3.47. The van der Waals surface area contributed by atoms with E-state index >= 15 is 0 Å².